The Labute approximate surface area is 220 Å². The number of carbonyl (C=O) groups excluding carboxylic acids is 1. The van der Waals surface area contributed by atoms with Gasteiger partial charge < -0.3 is 10.1 Å². The third-order valence-corrected chi connectivity index (χ3v) is 7.88. The summed E-state index contributed by atoms with van der Waals surface area (Å²) in [5.74, 6) is -1.07. The van der Waals surface area contributed by atoms with Crippen LogP contribution in [0.4, 0.5) is 10.1 Å². The summed E-state index contributed by atoms with van der Waals surface area (Å²) in [5.41, 5.74) is 0.653. The molecule has 2 fully saturated rings. The van der Waals surface area contributed by atoms with Gasteiger partial charge in [-0.1, -0.05) is 62.4 Å². The van der Waals surface area contributed by atoms with E-state index in [1.165, 1.54) is 25.7 Å². The summed E-state index contributed by atoms with van der Waals surface area (Å²) < 4.78 is 23.0. The number of allylic oxidation sites excluding steroid dienone is 1. The molecule has 7 nitrogen and oxygen atoms in total. The quantitative estimate of drug-likeness (QED) is 0.333. The number of benzene rings is 2. The zero-order chi connectivity index (χ0) is 26.6. The fourth-order valence-electron chi connectivity index (χ4n) is 5.88. The normalized spacial score (nSPS) is 17.2. The third-order valence-electron chi connectivity index (χ3n) is 7.88. The second-order valence-electron chi connectivity index (χ2n) is 10.3. The summed E-state index contributed by atoms with van der Waals surface area (Å²) in [6.45, 7) is -0.136. The predicted molar refractivity (Wildman–Crippen MR) is 147 cm³/mol. The molecular formula is C30H34FN3O4. The zero-order valence-electron chi connectivity index (χ0n) is 21.7. The molecule has 0 amide bonds. The van der Waals surface area contributed by atoms with Gasteiger partial charge in [-0.15, -0.1) is 0 Å². The highest BCUT2D eigenvalue weighted by Crippen LogP contribution is 2.32. The van der Waals surface area contributed by atoms with Crippen LogP contribution in [0.3, 0.4) is 0 Å². The monoisotopic (exact) mass is 519 g/mol. The molecule has 8 heteroatoms. The lowest BCUT2D eigenvalue weighted by molar-refractivity contribution is -0.133. The molecule has 0 spiro atoms. The number of ether oxygens (including phenoxy) is 1. The van der Waals surface area contributed by atoms with Crippen molar-refractivity contribution in [1.82, 2.24) is 9.13 Å². The maximum absolute atomic E-state index is 15.3. The second kappa shape index (κ2) is 11.4. The fraction of sp³-hybridized carbons (Fsp3) is 0.433. The van der Waals surface area contributed by atoms with Crippen LogP contribution in [0, 0.1) is 5.82 Å². The number of anilines is 1. The number of nitrogens with one attached hydrogen (secondary N) is 1. The van der Waals surface area contributed by atoms with Gasteiger partial charge in [-0.3, -0.25) is 13.9 Å². The Morgan fingerprint density at radius 3 is 2.39 bits per heavy atom. The van der Waals surface area contributed by atoms with E-state index in [1.807, 2.05) is 6.07 Å². The first-order valence-corrected chi connectivity index (χ1v) is 13.6. The van der Waals surface area contributed by atoms with E-state index in [0.717, 1.165) is 55.9 Å². The standard InChI is InChI=1S/C30H34FN3O4/c1-38-29(36)23(20-10-4-2-5-11-20)16-17-33-28(35)24-18-25(31)26(32-21-12-6-3-7-13-21)19-27(24)34(30(33)37)22-14-8-9-15-22/h2,4-5,10-11,16,18-19,21-22,32H,3,6-9,12-15,17H2,1H3/b23-16+. The molecule has 2 saturated carbocycles. The van der Waals surface area contributed by atoms with Crippen LogP contribution >= 0.6 is 0 Å². The molecule has 5 rings (SSSR count). The molecule has 2 aromatic carbocycles. The molecule has 0 radical (unpaired) electrons. The number of fused-ring (bicyclic) bond motifs is 1. The summed E-state index contributed by atoms with van der Waals surface area (Å²) in [5, 5.41) is 3.49. The smallest absolute Gasteiger partial charge is 0.338 e. The summed E-state index contributed by atoms with van der Waals surface area (Å²) in [6, 6.07) is 12.0. The largest absolute Gasteiger partial charge is 0.465 e. The van der Waals surface area contributed by atoms with Crippen LogP contribution in [-0.4, -0.2) is 28.3 Å². The Morgan fingerprint density at radius 1 is 1.03 bits per heavy atom. The Kier molecular flexibility index (Phi) is 7.77. The highest BCUT2D eigenvalue weighted by atomic mass is 19.1. The van der Waals surface area contributed by atoms with Gasteiger partial charge in [0.25, 0.3) is 5.56 Å². The number of hydrogen-bond donors (Lipinski definition) is 1. The molecule has 1 aromatic heterocycles. The van der Waals surface area contributed by atoms with Crippen molar-refractivity contribution in [3.63, 3.8) is 0 Å². The molecule has 0 atom stereocenters. The molecule has 0 saturated heterocycles. The van der Waals surface area contributed by atoms with Gasteiger partial charge in [0, 0.05) is 18.6 Å². The Morgan fingerprint density at radius 2 is 1.71 bits per heavy atom. The van der Waals surface area contributed by atoms with Crippen LogP contribution in [0.2, 0.25) is 0 Å². The van der Waals surface area contributed by atoms with Crippen LogP contribution in [0.15, 0.2) is 58.1 Å². The van der Waals surface area contributed by atoms with Crippen molar-refractivity contribution in [3.05, 3.63) is 80.8 Å². The van der Waals surface area contributed by atoms with E-state index < -0.39 is 23.0 Å². The third kappa shape index (κ3) is 5.17. The minimum absolute atomic E-state index is 0.0666. The Hall–Kier alpha value is -3.68. The summed E-state index contributed by atoms with van der Waals surface area (Å²) >= 11 is 0. The molecule has 0 unspecified atom stereocenters. The Balaban J connectivity index is 1.63. The van der Waals surface area contributed by atoms with E-state index >= 15 is 4.39 Å². The second-order valence-corrected chi connectivity index (χ2v) is 10.3. The fourth-order valence-corrected chi connectivity index (χ4v) is 5.88. The lowest BCUT2D eigenvalue weighted by Gasteiger charge is -2.25. The van der Waals surface area contributed by atoms with Crippen LogP contribution in [0.5, 0.6) is 0 Å². The highest BCUT2D eigenvalue weighted by Gasteiger charge is 2.25. The van der Waals surface area contributed by atoms with Crippen LogP contribution < -0.4 is 16.6 Å². The van der Waals surface area contributed by atoms with Gasteiger partial charge in [0.1, 0.15) is 5.82 Å². The van der Waals surface area contributed by atoms with Gasteiger partial charge in [-0.05, 0) is 49.5 Å². The lowest BCUT2D eigenvalue weighted by atomic mass is 9.95. The minimum Gasteiger partial charge on any atom is -0.465 e. The van der Waals surface area contributed by atoms with Crippen molar-refractivity contribution in [2.75, 3.05) is 12.4 Å². The number of hydrogen-bond acceptors (Lipinski definition) is 5. The molecule has 2 aliphatic rings. The number of nitrogens with zero attached hydrogens (tertiary/aromatic N) is 2. The average Bonchev–Trinajstić information content (AvgIpc) is 3.47. The molecule has 3 aromatic rings. The van der Waals surface area contributed by atoms with Crippen molar-refractivity contribution < 1.29 is 13.9 Å². The molecule has 0 aliphatic heterocycles. The number of aromatic nitrogens is 2. The van der Waals surface area contributed by atoms with Gasteiger partial charge in [-0.25, -0.2) is 14.0 Å². The first kappa shape index (κ1) is 25.9. The van der Waals surface area contributed by atoms with E-state index in [9.17, 15) is 14.4 Å². The molecule has 2 aliphatic carbocycles. The zero-order valence-corrected chi connectivity index (χ0v) is 21.7. The molecular weight excluding hydrogens is 485 g/mol. The van der Waals surface area contributed by atoms with Crippen molar-refractivity contribution in [2.45, 2.75) is 76.4 Å². The molecule has 1 N–H and O–H groups in total. The highest BCUT2D eigenvalue weighted by molar-refractivity contribution is 6.16. The number of rotatable bonds is 7. The first-order chi connectivity index (χ1) is 18.5. The molecule has 1 heterocycles. The molecule has 38 heavy (non-hydrogen) atoms. The van der Waals surface area contributed by atoms with E-state index in [2.05, 4.69) is 5.32 Å². The van der Waals surface area contributed by atoms with Crippen molar-refractivity contribution in [3.8, 4) is 0 Å². The maximum Gasteiger partial charge on any atom is 0.338 e. The SMILES string of the molecule is COC(=O)/C(=C/Cn1c(=O)c2cc(F)c(NC3CCCCC3)cc2n(C2CCCC2)c1=O)c1ccccc1. The number of esters is 1. The van der Waals surface area contributed by atoms with Gasteiger partial charge in [-0.2, -0.15) is 0 Å². The van der Waals surface area contributed by atoms with E-state index in [0.29, 0.717) is 16.8 Å². The molecule has 0 bridgehead atoms. The number of halogens is 1. The van der Waals surface area contributed by atoms with Crippen molar-refractivity contribution >= 4 is 28.1 Å². The van der Waals surface area contributed by atoms with Gasteiger partial charge in [0.05, 0.1) is 29.3 Å². The predicted octanol–water partition coefficient (Wildman–Crippen LogP) is 5.42. The topological polar surface area (TPSA) is 82.3 Å². The van der Waals surface area contributed by atoms with Crippen LogP contribution in [0.25, 0.3) is 16.5 Å². The number of methoxy groups -OCH3 is 1. The minimum atomic E-state index is -0.573. The maximum atomic E-state index is 15.3. The van der Waals surface area contributed by atoms with Crippen LogP contribution in [0.1, 0.15) is 69.4 Å². The van der Waals surface area contributed by atoms with Crippen molar-refractivity contribution in [1.29, 1.82) is 0 Å². The van der Waals surface area contributed by atoms with Gasteiger partial charge in [0.2, 0.25) is 0 Å². The summed E-state index contributed by atoms with van der Waals surface area (Å²) in [4.78, 5) is 39.9. The van der Waals surface area contributed by atoms with Gasteiger partial charge >= 0.3 is 11.7 Å². The lowest BCUT2D eigenvalue weighted by Crippen LogP contribution is -2.41. The van der Waals surface area contributed by atoms with E-state index in [-0.39, 0.29) is 29.6 Å². The summed E-state index contributed by atoms with van der Waals surface area (Å²) in [6.07, 6.45) is 10.5. The molecule has 200 valence electrons. The van der Waals surface area contributed by atoms with Gasteiger partial charge in [0.15, 0.2) is 0 Å². The number of carbonyl (C=O) groups is 1. The average molecular weight is 520 g/mol. The summed E-state index contributed by atoms with van der Waals surface area (Å²) in [7, 11) is 1.29. The van der Waals surface area contributed by atoms with Crippen molar-refractivity contribution in [2.24, 2.45) is 0 Å². The van der Waals surface area contributed by atoms with E-state index in [4.69, 9.17) is 4.74 Å². The van der Waals surface area contributed by atoms with Crippen LogP contribution in [-0.2, 0) is 16.1 Å². The first-order valence-electron chi connectivity index (χ1n) is 13.6. The Bertz CT molecular complexity index is 1460. The van der Waals surface area contributed by atoms with E-state index in [1.54, 1.807) is 34.9 Å².